The first-order valence-corrected chi connectivity index (χ1v) is 6.73. The Balaban J connectivity index is 0.00000220. The van der Waals surface area contributed by atoms with Crippen LogP contribution in [0.5, 0.6) is 0 Å². The molecule has 0 bridgehead atoms. The highest BCUT2D eigenvalue weighted by molar-refractivity contribution is 6.34. The number of aliphatic hydroxyl groups excluding tert-OH is 1. The first-order valence-electron chi connectivity index (χ1n) is 6.35. The van der Waals surface area contributed by atoms with Gasteiger partial charge in [-0.3, -0.25) is 4.79 Å². The molecule has 0 amide bonds. The molecule has 0 aromatic heterocycles. The fourth-order valence-corrected chi connectivity index (χ4v) is 2.23. The molecule has 1 unspecified atom stereocenters. The van der Waals surface area contributed by atoms with E-state index >= 15 is 0 Å². The Morgan fingerprint density at radius 1 is 1.24 bits per heavy atom. The number of Topliss-reactive ketones (excluding diaryl/α,β-unsaturated/α-hetero) is 1. The van der Waals surface area contributed by atoms with Crippen LogP contribution >= 0.6 is 11.6 Å². The quantitative estimate of drug-likeness (QED) is 0.809. The second kappa shape index (κ2) is 7.81. The predicted octanol–water partition coefficient (Wildman–Crippen LogP) is 4.32. The molecule has 1 atom stereocenters. The summed E-state index contributed by atoms with van der Waals surface area (Å²) in [5.41, 5.74) is 2.13. The summed E-state index contributed by atoms with van der Waals surface area (Å²) in [6.45, 7) is 1.85. The Morgan fingerprint density at radius 3 is 2.48 bits per heavy atom. The van der Waals surface area contributed by atoms with Gasteiger partial charge in [0.25, 0.3) is 0 Å². The second-order valence-corrected chi connectivity index (χ2v) is 4.97. The molecule has 112 valence electrons. The van der Waals surface area contributed by atoms with Gasteiger partial charge in [0, 0.05) is 17.8 Å². The summed E-state index contributed by atoms with van der Waals surface area (Å²) in [7, 11) is 0. The molecule has 0 aliphatic carbocycles. The molecule has 2 aromatic rings. The lowest BCUT2D eigenvalue weighted by molar-refractivity contribution is 0.101. The molecule has 0 fully saturated rings. The number of anilines is 1. The molecule has 0 radical (unpaired) electrons. The second-order valence-electron chi connectivity index (χ2n) is 4.56. The summed E-state index contributed by atoms with van der Waals surface area (Å²) in [4.78, 5) is 11.3. The third kappa shape index (κ3) is 4.59. The van der Waals surface area contributed by atoms with Gasteiger partial charge in [-0.1, -0.05) is 49.4 Å². The average molecular weight is 306 g/mol. The molecule has 2 rings (SSSR count). The maximum atomic E-state index is 11.3. The van der Waals surface area contributed by atoms with Crippen LogP contribution in [0, 0.1) is 0 Å². The molecule has 4 heteroatoms. The molecule has 0 aliphatic rings. The first-order chi connectivity index (χ1) is 9.58. The number of hydrogen-bond acceptors (Lipinski definition) is 3. The van der Waals surface area contributed by atoms with Gasteiger partial charge in [0.15, 0.2) is 5.78 Å². The summed E-state index contributed by atoms with van der Waals surface area (Å²) >= 11 is 6.03. The first kappa shape index (κ1) is 17.2. The molecular weight excluding hydrogens is 286 g/mol. The van der Waals surface area contributed by atoms with E-state index in [1.165, 1.54) is 6.92 Å². The zero-order valence-corrected chi connectivity index (χ0v) is 11.9. The fraction of sp³-hybridized carbons (Fsp3) is 0.235. The van der Waals surface area contributed by atoms with Crippen LogP contribution in [-0.2, 0) is 0 Å². The van der Waals surface area contributed by atoms with E-state index in [9.17, 15) is 9.90 Å². The van der Waals surface area contributed by atoms with Crippen LogP contribution in [-0.4, -0.2) is 17.4 Å². The van der Waals surface area contributed by atoms with Gasteiger partial charge in [0.2, 0.25) is 0 Å². The smallest absolute Gasteiger partial charge is 0.161 e. The summed E-state index contributed by atoms with van der Waals surface area (Å²) in [5.74, 6) is -0.0640. The van der Waals surface area contributed by atoms with E-state index in [0.29, 0.717) is 17.1 Å². The van der Waals surface area contributed by atoms with Crippen molar-refractivity contribution in [1.82, 2.24) is 0 Å². The van der Waals surface area contributed by atoms with Crippen molar-refractivity contribution in [2.75, 3.05) is 11.9 Å². The van der Waals surface area contributed by atoms with Crippen molar-refractivity contribution in [2.24, 2.45) is 0 Å². The van der Waals surface area contributed by atoms with Crippen LogP contribution in [0.1, 0.15) is 36.4 Å². The third-order valence-electron chi connectivity index (χ3n) is 3.03. The van der Waals surface area contributed by atoms with Gasteiger partial charge in [0.05, 0.1) is 11.1 Å². The van der Waals surface area contributed by atoms with E-state index in [4.69, 9.17) is 11.6 Å². The van der Waals surface area contributed by atoms with Gasteiger partial charge < -0.3 is 10.4 Å². The molecule has 0 aliphatic heterocycles. The van der Waals surface area contributed by atoms with E-state index < -0.39 is 6.10 Å². The number of ketones is 1. The molecule has 2 aromatic carbocycles. The van der Waals surface area contributed by atoms with Gasteiger partial charge in [0.1, 0.15) is 0 Å². The number of halogens is 1. The number of hydrogen-bond donors (Lipinski definition) is 2. The number of nitrogens with one attached hydrogen (secondary N) is 1. The van der Waals surface area contributed by atoms with Crippen LogP contribution in [0.25, 0.3) is 0 Å². The average Bonchev–Trinajstić information content (AvgIpc) is 2.45. The molecule has 21 heavy (non-hydrogen) atoms. The van der Waals surface area contributed by atoms with Crippen LogP contribution in [0.2, 0.25) is 5.02 Å². The Kier molecular flexibility index (Phi) is 6.40. The van der Waals surface area contributed by atoms with E-state index in [2.05, 4.69) is 5.32 Å². The van der Waals surface area contributed by atoms with E-state index in [0.717, 1.165) is 11.3 Å². The number of benzene rings is 2. The van der Waals surface area contributed by atoms with E-state index in [1.54, 1.807) is 18.2 Å². The highest BCUT2D eigenvalue weighted by atomic mass is 35.5. The minimum absolute atomic E-state index is 0. The molecule has 0 saturated carbocycles. The Bertz CT molecular complexity index is 599. The predicted molar refractivity (Wildman–Crippen MR) is 88.1 cm³/mol. The highest BCUT2D eigenvalue weighted by Gasteiger charge is 2.09. The van der Waals surface area contributed by atoms with Crippen molar-refractivity contribution in [3.8, 4) is 0 Å². The Morgan fingerprint density at radius 2 is 1.90 bits per heavy atom. The van der Waals surface area contributed by atoms with Crippen molar-refractivity contribution in [3.63, 3.8) is 0 Å². The van der Waals surface area contributed by atoms with Crippen molar-refractivity contribution in [2.45, 2.75) is 20.5 Å². The Hall–Kier alpha value is -1.84. The maximum Gasteiger partial charge on any atom is 0.161 e. The van der Waals surface area contributed by atoms with Crippen LogP contribution in [0.15, 0.2) is 48.5 Å². The molecule has 0 spiro atoms. The maximum absolute atomic E-state index is 11.3. The lowest BCUT2D eigenvalue weighted by atomic mass is 10.1. The topological polar surface area (TPSA) is 49.3 Å². The van der Waals surface area contributed by atoms with Gasteiger partial charge in [-0.2, -0.15) is 0 Å². The van der Waals surface area contributed by atoms with Gasteiger partial charge in [-0.05, 0) is 30.7 Å². The minimum atomic E-state index is -0.595. The zero-order chi connectivity index (χ0) is 14.5. The molecule has 2 N–H and O–H groups in total. The highest BCUT2D eigenvalue weighted by Crippen LogP contribution is 2.22. The molecule has 0 saturated heterocycles. The fourth-order valence-electron chi connectivity index (χ4n) is 1.92. The SMILES string of the molecule is C.CC(=O)c1ccc(NCC(O)c2ccccc2)cc1Cl. The number of carbonyl (C=O) groups excluding carboxylic acids is 1. The molecule has 0 heterocycles. The van der Waals surface area contributed by atoms with Crippen molar-refractivity contribution < 1.29 is 9.90 Å². The lowest BCUT2D eigenvalue weighted by Crippen LogP contribution is -2.12. The van der Waals surface area contributed by atoms with Gasteiger partial charge in [-0.25, -0.2) is 0 Å². The summed E-state index contributed by atoms with van der Waals surface area (Å²) in [6, 6.07) is 14.6. The summed E-state index contributed by atoms with van der Waals surface area (Å²) < 4.78 is 0. The lowest BCUT2D eigenvalue weighted by Gasteiger charge is -2.13. The number of aliphatic hydroxyl groups is 1. The molecular formula is C17H20ClNO2. The number of rotatable bonds is 5. The van der Waals surface area contributed by atoms with E-state index in [-0.39, 0.29) is 13.2 Å². The van der Waals surface area contributed by atoms with Crippen molar-refractivity contribution >= 4 is 23.1 Å². The Labute approximate surface area is 130 Å². The van der Waals surface area contributed by atoms with E-state index in [1.807, 2.05) is 30.3 Å². The normalized spacial score (nSPS) is 11.4. The summed E-state index contributed by atoms with van der Waals surface area (Å²) in [5, 5.41) is 13.6. The largest absolute Gasteiger partial charge is 0.387 e. The van der Waals surface area contributed by atoms with Crippen LogP contribution in [0.4, 0.5) is 5.69 Å². The third-order valence-corrected chi connectivity index (χ3v) is 3.34. The monoisotopic (exact) mass is 305 g/mol. The summed E-state index contributed by atoms with van der Waals surface area (Å²) in [6.07, 6.45) is -0.595. The number of carbonyl (C=O) groups is 1. The van der Waals surface area contributed by atoms with Crippen molar-refractivity contribution in [1.29, 1.82) is 0 Å². The zero-order valence-electron chi connectivity index (χ0n) is 11.1. The molecule has 3 nitrogen and oxygen atoms in total. The van der Waals surface area contributed by atoms with Crippen LogP contribution < -0.4 is 5.32 Å². The van der Waals surface area contributed by atoms with Crippen LogP contribution in [0.3, 0.4) is 0 Å². The van der Waals surface area contributed by atoms with Crippen molar-refractivity contribution in [3.05, 3.63) is 64.7 Å². The van der Waals surface area contributed by atoms with Gasteiger partial charge in [-0.15, -0.1) is 0 Å². The van der Waals surface area contributed by atoms with Gasteiger partial charge >= 0.3 is 0 Å². The standard InChI is InChI=1S/C16H16ClNO2.CH4/c1-11(19)14-8-7-13(9-15(14)17)18-10-16(20)12-5-3-2-4-6-12;/h2-9,16,18,20H,10H2,1H3;1H4. The minimum Gasteiger partial charge on any atom is -0.387 e.